The van der Waals surface area contributed by atoms with Crippen molar-refractivity contribution in [1.82, 2.24) is 5.32 Å². The number of hydrogen-bond donors (Lipinski definition) is 4. The zero-order valence-corrected chi connectivity index (χ0v) is 35.2. The van der Waals surface area contributed by atoms with Gasteiger partial charge in [0.1, 0.15) is 13.2 Å². The van der Waals surface area contributed by atoms with E-state index >= 15 is 0 Å². The second-order valence-corrected chi connectivity index (χ2v) is 16.7. The Bertz CT molecular complexity index is 1070. The van der Waals surface area contributed by atoms with Crippen molar-refractivity contribution in [3.05, 3.63) is 60.8 Å². The van der Waals surface area contributed by atoms with E-state index in [1.54, 1.807) is 12.2 Å². The predicted octanol–water partition coefficient (Wildman–Crippen LogP) is 10.0. The molecule has 0 rings (SSSR count). The number of nitrogens with zero attached hydrogens (tertiary/aromatic N) is 1. The Hall–Kier alpha value is -1.84. The molecule has 0 aliphatic rings. The number of quaternary nitrogens is 1. The van der Waals surface area contributed by atoms with Crippen LogP contribution in [0.3, 0.4) is 0 Å². The quantitative estimate of drug-likeness (QED) is 0.0164. The summed E-state index contributed by atoms with van der Waals surface area (Å²) < 4.78 is 23.4. The maximum absolute atomic E-state index is 12.8. The highest BCUT2D eigenvalue weighted by Crippen LogP contribution is 2.43. The molecular formula is C43H80N2O7P+. The minimum Gasteiger partial charge on any atom is -0.389 e. The van der Waals surface area contributed by atoms with E-state index in [1.165, 1.54) is 77.0 Å². The number of aliphatic hydroxyl groups is 2. The van der Waals surface area contributed by atoms with Gasteiger partial charge in [0.2, 0.25) is 5.91 Å². The van der Waals surface area contributed by atoms with Gasteiger partial charge in [-0.05, 0) is 51.4 Å². The van der Waals surface area contributed by atoms with Crippen molar-refractivity contribution in [1.29, 1.82) is 0 Å². The van der Waals surface area contributed by atoms with Crippen LogP contribution in [0.4, 0.5) is 0 Å². The van der Waals surface area contributed by atoms with Crippen LogP contribution in [0, 0.1) is 0 Å². The summed E-state index contributed by atoms with van der Waals surface area (Å²) >= 11 is 0. The van der Waals surface area contributed by atoms with Crippen LogP contribution < -0.4 is 5.32 Å². The van der Waals surface area contributed by atoms with Gasteiger partial charge in [-0.25, -0.2) is 4.57 Å². The second-order valence-electron chi connectivity index (χ2n) is 15.2. The lowest BCUT2D eigenvalue weighted by Crippen LogP contribution is -2.45. The number of carbonyl (C=O) groups excluding carboxylic acids is 1. The number of carbonyl (C=O) groups is 1. The fraction of sp³-hybridized carbons (Fsp3) is 0.744. The number of nitrogens with one attached hydrogen (secondary N) is 1. The number of phosphoric ester groups is 1. The van der Waals surface area contributed by atoms with E-state index in [4.69, 9.17) is 9.05 Å². The number of rotatable bonds is 36. The van der Waals surface area contributed by atoms with E-state index in [9.17, 15) is 24.5 Å². The SMILES string of the molecule is CCCCC/C=C\C/C=C\C/C=C\C=C\[C@H](O)CCCC(=O)N[C@@H](COP(=O)(O)OCC[N+](C)(C)C)[C@H](O)/C=C/CCCCCCCCCCCCC. The van der Waals surface area contributed by atoms with Crippen molar-refractivity contribution in [2.24, 2.45) is 0 Å². The first kappa shape index (κ1) is 51.2. The normalized spacial score (nSPS) is 15.7. The Morgan fingerprint density at radius 2 is 1.25 bits per heavy atom. The lowest BCUT2D eigenvalue weighted by Gasteiger charge is -2.25. The zero-order valence-electron chi connectivity index (χ0n) is 34.3. The fourth-order valence-corrected chi connectivity index (χ4v) is 6.17. The topological polar surface area (TPSA) is 125 Å². The Morgan fingerprint density at radius 1 is 0.698 bits per heavy atom. The fourth-order valence-electron chi connectivity index (χ4n) is 5.44. The minimum atomic E-state index is -4.39. The summed E-state index contributed by atoms with van der Waals surface area (Å²) in [6.45, 7) is 4.59. The van der Waals surface area contributed by atoms with Crippen molar-refractivity contribution in [2.75, 3.05) is 40.9 Å². The van der Waals surface area contributed by atoms with Gasteiger partial charge in [-0.15, -0.1) is 0 Å². The molecule has 308 valence electrons. The molecule has 0 saturated heterocycles. The monoisotopic (exact) mass is 768 g/mol. The van der Waals surface area contributed by atoms with Crippen molar-refractivity contribution in [3.63, 3.8) is 0 Å². The smallest absolute Gasteiger partial charge is 0.389 e. The first-order valence-electron chi connectivity index (χ1n) is 20.8. The van der Waals surface area contributed by atoms with Crippen LogP contribution in [-0.4, -0.2) is 84.6 Å². The second kappa shape index (κ2) is 34.6. The zero-order chi connectivity index (χ0) is 39.5. The van der Waals surface area contributed by atoms with E-state index < -0.39 is 32.7 Å². The van der Waals surface area contributed by atoms with Gasteiger partial charge in [-0.3, -0.25) is 13.8 Å². The maximum Gasteiger partial charge on any atom is 0.472 e. The molecule has 10 heteroatoms. The first-order valence-corrected chi connectivity index (χ1v) is 22.3. The van der Waals surface area contributed by atoms with Gasteiger partial charge in [0, 0.05) is 6.42 Å². The van der Waals surface area contributed by atoms with Crippen LogP contribution >= 0.6 is 7.82 Å². The number of likely N-dealkylation sites (N-methyl/N-ethyl adjacent to an activating group) is 1. The van der Waals surface area contributed by atoms with Gasteiger partial charge >= 0.3 is 7.82 Å². The minimum absolute atomic E-state index is 0.0243. The molecule has 0 spiro atoms. The van der Waals surface area contributed by atoms with Gasteiger partial charge in [-0.1, -0.05) is 152 Å². The van der Waals surface area contributed by atoms with Crippen molar-refractivity contribution in [3.8, 4) is 0 Å². The van der Waals surface area contributed by atoms with Gasteiger partial charge in [0.25, 0.3) is 0 Å². The van der Waals surface area contributed by atoms with E-state index in [-0.39, 0.29) is 18.9 Å². The molecule has 4 atom stereocenters. The highest BCUT2D eigenvalue weighted by Gasteiger charge is 2.27. The number of hydrogen-bond acceptors (Lipinski definition) is 6. The summed E-state index contributed by atoms with van der Waals surface area (Å²) in [5, 5.41) is 24.0. The van der Waals surface area contributed by atoms with Crippen LogP contribution in [0.5, 0.6) is 0 Å². The Kier molecular flexibility index (Phi) is 33.4. The third kappa shape index (κ3) is 36.9. The van der Waals surface area contributed by atoms with Crippen molar-refractivity contribution in [2.45, 2.75) is 167 Å². The number of allylic oxidation sites excluding steroid dienone is 8. The summed E-state index contributed by atoms with van der Waals surface area (Å²) in [4.78, 5) is 23.1. The lowest BCUT2D eigenvalue weighted by molar-refractivity contribution is -0.870. The van der Waals surface area contributed by atoms with E-state index in [2.05, 4.69) is 43.5 Å². The Labute approximate surface area is 324 Å². The summed E-state index contributed by atoms with van der Waals surface area (Å²) in [6.07, 6.45) is 40.2. The number of aliphatic hydroxyl groups excluding tert-OH is 2. The molecule has 0 aliphatic carbocycles. The molecule has 53 heavy (non-hydrogen) atoms. The largest absolute Gasteiger partial charge is 0.472 e. The van der Waals surface area contributed by atoms with Crippen LogP contribution in [0.2, 0.25) is 0 Å². The van der Waals surface area contributed by atoms with Crippen molar-refractivity contribution >= 4 is 13.7 Å². The van der Waals surface area contributed by atoms with Gasteiger partial charge in [0.15, 0.2) is 0 Å². The number of amides is 1. The van der Waals surface area contributed by atoms with Crippen molar-refractivity contribution < 1.29 is 38.0 Å². The third-order valence-corrected chi connectivity index (χ3v) is 9.82. The van der Waals surface area contributed by atoms with E-state index in [1.807, 2.05) is 45.4 Å². The van der Waals surface area contributed by atoms with E-state index in [0.717, 1.165) is 38.5 Å². The highest BCUT2D eigenvalue weighted by molar-refractivity contribution is 7.47. The molecule has 4 N–H and O–H groups in total. The molecule has 1 amide bonds. The highest BCUT2D eigenvalue weighted by atomic mass is 31.2. The molecule has 0 aliphatic heterocycles. The number of phosphoric acid groups is 1. The number of unbranched alkanes of at least 4 members (excludes halogenated alkanes) is 14. The predicted molar refractivity (Wildman–Crippen MR) is 223 cm³/mol. The maximum atomic E-state index is 12.8. The molecule has 0 saturated carbocycles. The third-order valence-electron chi connectivity index (χ3n) is 8.84. The van der Waals surface area contributed by atoms with Gasteiger partial charge in [0.05, 0.1) is 46.0 Å². The summed E-state index contributed by atoms with van der Waals surface area (Å²) in [5.74, 6) is -0.339. The van der Waals surface area contributed by atoms with Gasteiger partial charge in [-0.2, -0.15) is 0 Å². The molecule has 1 unspecified atom stereocenters. The van der Waals surface area contributed by atoms with Crippen LogP contribution in [0.25, 0.3) is 0 Å². The Morgan fingerprint density at radius 3 is 1.89 bits per heavy atom. The molecule has 0 aromatic carbocycles. The summed E-state index contributed by atoms with van der Waals surface area (Å²) in [6, 6.07) is -0.940. The van der Waals surface area contributed by atoms with E-state index in [0.29, 0.717) is 23.9 Å². The molecular weight excluding hydrogens is 687 g/mol. The molecule has 0 bridgehead atoms. The standard InChI is InChI=1S/C43H79N2O7P/c1-6-8-10-12-14-16-18-20-22-24-26-28-30-33-40(46)34-32-36-43(48)44-41(39-52-53(49,50)51-38-37-45(3,4)5)42(47)35-31-29-27-25-23-21-19-17-15-13-11-9-7-2/h14,16,20,22,26,28,30-31,33,35,40-42,46-47H,6-13,15,17-19,21,23-25,27,29,32,34,36-39H2,1-5H3,(H-,44,48,49,50)/p+1/b16-14-,22-20-,28-26-,33-30+,35-31+/t40-,41-,42+/m0/s1. The van der Waals surface area contributed by atoms with Crippen LogP contribution in [0.1, 0.15) is 149 Å². The Balaban J connectivity index is 4.72. The molecule has 0 radical (unpaired) electrons. The van der Waals surface area contributed by atoms with Crippen LogP contribution in [-0.2, 0) is 18.4 Å². The average Bonchev–Trinajstić information content (AvgIpc) is 3.09. The summed E-state index contributed by atoms with van der Waals surface area (Å²) in [5.41, 5.74) is 0. The molecule has 0 heterocycles. The first-order chi connectivity index (χ1) is 25.4. The molecule has 0 aromatic rings. The average molecular weight is 768 g/mol. The lowest BCUT2D eigenvalue weighted by atomic mass is 10.0. The molecule has 0 fully saturated rings. The molecule has 0 aromatic heterocycles. The van der Waals surface area contributed by atoms with Gasteiger partial charge < -0.3 is 24.9 Å². The summed E-state index contributed by atoms with van der Waals surface area (Å²) in [7, 11) is 1.44. The molecule has 9 nitrogen and oxygen atoms in total. The van der Waals surface area contributed by atoms with Crippen LogP contribution in [0.15, 0.2) is 60.8 Å².